The summed E-state index contributed by atoms with van der Waals surface area (Å²) in [4.78, 5) is 19.8. The number of carbonyl (C=O) groups excluding carboxylic acids is 1. The molecule has 10 heteroatoms. The van der Waals surface area contributed by atoms with Gasteiger partial charge in [0, 0.05) is 21.9 Å². The molecule has 32 heavy (non-hydrogen) atoms. The summed E-state index contributed by atoms with van der Waals surface area (Å²) in [5.41, 5.74) is -2.30. The lowest BCUT2D eigenvalue weighted by Gasteiger charge is -2.16. The molecule has 0 atom stereocenters. The molecule has 0 saturated carbocycles. The Bertz CT molecular complexity index is 1350. The van der Waals surface area contributed by atoms with Crippen molar-refractivity contribution >= 4 is 27.5 Å². The Morgan fingerprint density at radius 2 is 1.47 bits per heavy atom. The number of nitrogens with zero attached hydrogens (tertiary/aromatic N) is 2. The van der Waals surface area contributed by atoms with Gasteiger partial charge in [0.25, 0.3) is 5.78 Å². The van der Waals surface area contributed by atoms with Gasteiger partial charge in [0.2, 0.25) is 0 Å². The van der Waals surface area contributed by atoms with Crippen LogP contribution in [0.5, 0.6) is 5.75 Å². The number of carbonyl (C=O) groups is 1. The third-order valence-electron chi connectivity index (χ3n) is 4.83. The maximum absolute atomic E-state index is 13.9. The molecule has 0 spiro atoms. The number of fused-ring (bicyclic) bond motifs is 3. The van der Waals surface area contributed by atoms with Crippen molar-refractivity contribution in [2.75, 3.05) is 7.11 Å². The van der Waals surface area contributed by atoms with E-state index in [-0.39, 0.29) is 27.7 Å². The minimum atomic E-state index is -5.27. The molecule has 0 saturated heterocycles. The number of ether oxygens (including phenoxy) is 1. The van der Waals surface area contributed by atoms with Crippen LogP contribution in [-0.4, -0.2) is 29.0 Å². The second-order valence-electron chi connectivity index (χ2n) is 6.81. The lowest BCUT2D eigenvalue weighted by Crippen LogP contribution is -2.23. The number of hydrogen-bond acceptors (Lipinski definition) is 4. The summed E-state index contributed by atoms with van der Waals surface area (Å²) in [6.45, 7) is 0. The monoisotopic (exact) mass is 450 g/mol. The first-order chi connectivity index (χ1) is 15.0. The molecule has 0 aliphatic rings. The van der Waals surface area contributed by atoms with E-state index in [2.05, 4.69) is 9.97 Å². The maximum Gasteiger partial charge on any atom is 0.454 e. The molecule has 0 aliphatic carbocycles. The van der Waals surface area contributed by atoms with Crippen LogP contribution in [0.4, 0.5) is 26.3 Å². The highest BCUT2D eigenvalue weighted by Crippen LogP contribution is 2.39. The van der Waals surface area contributed by atoms with Gasteiger partial charge in [0.1, 0.15) is 5.75 Å². The number of rotatable bonds is 3. The van der Waals surface area contributed by atoms with Gasteiger partial charge in [-0.15, -0.1) is 0 Å². The molecule has 4 aromatic rings. The number of benzene rings is 3. The van der Waals surface area contributed by atoms with Crippen molar-refractivity contribution in [3.63, 3.8) is 0 Å². The van der Waals surface area contributed by atoms with E-state index < -0.39 is 34.8 Å². The molecule has 0 aliphatic heterocycles. The summed E-state index contributed by atoms with van der Waals surface area (Å²) in [7, 11) is 1.43. The molecule has 0 amide bonds. The molecular weight excluding hydrogens is 438 g/mol. The fraction of sp³-hybridized carbons (Fsp3) is 0.136. The van der Waals surface area contributed by atoms with E-state index in [0.717, 1.165) is 0 Å². The van der Waals surface area contributed by atoms with Gasteiger partial charge in [0.05, 0.1) is 12.6 Å². The standard InChI is InChI=1S/C22H12F6N2O2/c1-32-12-8-6-11(7-9-12)20-29-17-14-5-3-2-4-13(14)15(19(31)22(26,27)28)10-16(17)18(30-20)21(23,24)25/h2-10H,1H3. The Balaban J connectivity index is 2.11. The number of alkyl halides is 6. The first kappa shape index (κ1) is 21.5. The van der Waals surface area contributed by atoms with Gasteiger partial charge < -0.3 is 4.74 Å². The molecule has 4 rings (SSSR count). The molecule has 0 radical (unpaired) electrons. The van der Waals surface area contributed by atoms with Gasteiger partial charge in [-0.25, -0.2) is 9.97 Å². The van der Waals surface area contributed by atoms with Crippen LogP contribution >= 0.6 is 0 Å². The molecule has 3 aromatic carbocycles. The van der Waals surface area contributed by atoms with Crippen molar-refractivity contribution in [1.29, 1.82) is 0 Å². The topological polar surface area (TPSA) is 52.1 Å². The van der Waals surface area contributed by atoms with Gasteiger partial charge >= 0.3 is 12.4 Å². The highest BCUT2D eigenvalue weighted by Gasteiger charge is 2.42. The van der Waals surface area contributed by atoms with Crippen molar-refractivity contribution in [2.24, 2.45) is 0 Å². The summed E-state index contributed by atoms with van der Waals surface area (Å²) in [6.07, 6.45) is -10.3. The van der Waals surface area contributed by atoms with Gasteiger partial charge in [0.15, 0.2) is 11.5 Å². The number of methoxy groups -OCH3 is 1. The molecule has 1 aromatic heterocycles. The quantitative estimate of drug-likeness (QED) is 0.211. The zero-order valence-corrected chi connectivity index (χ0v) is 16.2. The molecule has 164 valence electrons. The predicted molar refractivity (Wildman–Crippen MR) is 104 cm³/mol. The molecular formula is C22H12F6N2O2. The highest BCUT2D eigenvalue weighted by molar-refractivity contribution is 6.18. The van der Waals surface area contributed by atoms with Crippen LogP contribution in [0.2, 0.25) is 0 Å². The molecule has 0 bridgehead atoms. The van der Waals surface area contributed by atoms with Gasteiger partial charge in [-0.2, -0.15) is 26.3 Å². The summed E-state index contributed by atoms with van der Waals surface area (Å²) >= 11 is 0. The summed E-state index contributed by atoms with van der Waals surface area (Å²) in [5.74, 6) is -2.05. The van der Waals surface area contributed by atoms with Crippen LogP contribution in [-0.2, 0) is 6.18 Å². The summed E-state index contributed by atoms with van der Waals surface area (Å²) in [6, 6.07) is 11.9. The van der Waals surface area contributed by atoms with Crippen molar-refractivity contribution < 1.29 is 35.9 Å². The fourth-order valence-corrected chi connectivity index (χ4v) is 3.38. The number of ketones is 1. The lowest BCUT2D eigenvalue weighted by molar-refractivity contribution is -0.139. The van der Waals surface area contributed by atoms with Crippen LogP contribution in [0.1, 0.15) is 16.1 Å². The van der Waals surface area contributed by atoms with Crippen LogP contribution < -0.4 is 4.74 Å². The van der Waals surface area contributed by atoms with Crippen molar-refractivity contribution in [3.05, 3.63) is 65.9 Å². The van der Waals surface area contributed by atoms with E-state index >= 15 is 0 Å². The van der Waals surface area contributed by atoms with Gasteiger partial charge in [-0.1, -0.05) is 24.3 Å². The second kappa shape index (κ2) is 7.47. The predicted octanol–water partition coefficient (Wildman–Crippen LogP) is 6.22. The number of hydrogen-bond donors (Lipinski definition) is 0. The van der Waals surface area contributed by atoms with Gasteiger partial charge in [-0.05, 0) is 35.7 Å². The SMILES string of the molecule is COc1ccc(-c2nc(C(F)(F)F)c3cc(C(=O)C(F)(F)F)c4ccccc4c3n2)cc1. The molecule has 0 N–H and O–H groups in total. The third-order valence-corrected chi connectivity index (χ3v) is 4.83. The van der Waals surface area contributed by atoms with E-state index in [1.54, 1.807) is 0 Å². The Labute approximate surface area is 176 Å². The highest BCUT2D eigenvalue weighted by atomic mass is 19.4. The number of halogens is 6. The summed E-state index contributed by atoms with van der Waals surface area (Å²) < 4.78 is 86.1. The maximum atomic E-state index is 13.9. The first-order valence-corrected chi connectivity index (χ1v) is 9.07. The van der Waals surface area contributed by atoms with Crippen LogP contribution in [0.25, 0.3) is 33.1 Å². The Hall–Kier alpha value is -3.69. The van der Waals surface area contributed by atoms with Crippen molar-refractivity contribution in [3.8, 4) is 17.1 Å². The average molecular weight is 450 g/mol. The molecule has 0 fully saturated rings. The Morgan fingerprint density at radius 3 is 2.03 bits per heavy atom. The van der Waals surface area contributed by atoms with E-state index in [4.69, 9.17) is 4.74 Å². The van der Waals surface area contributed by atoms with E-state index in [1.165, 1.54) is 55.6 Å². The first-order valence-electron chi connectivity index (χ1n) is 9.07. The van der Waals surface area contributed by atoms with Crippen molar-refractivity contribution in [1.82, 2.24) is 9.97 Å². The Morgan fingerprint density at radius 1 is 0.844 bits per heavy atom. The number of Topliss-reactive ketones (excluding diaryl/α,β-unsaturated/α-hetero) is 1. The zero-order chi connectivity index (χ0) is 23.3. The van der Waals surface area contributed by atoms with Crippen molar-refractivity contribution in [2.45, 2.75) is 12.4 Å². The van der Waals surface area contributed by atoms with Crippen LogP contribution in [0.15, 0.2) is 54.6 Å². The summed E-state index contributed by atoms with van der Waals surface area (Å²) in [5, 5.41) is -0.879. The van der Waals surface area contributed by atoms with Gasteiger partial charge in [-0.3, -0.25) is 4.79 Å². The number of aromatic nitrogens is 2. The molecule has 0 unspecified atom stereocenters. The minimum Gasteiger partial charge on any atom is -0.497 e. The Kier molecular flexibility index (Phi) is 5.03. The van der Waals surface area contributed by atoms with E-state index in [9.17, 15) is 31.1 Å². The second-order valence-corrected chi connectivity index (χ2v) is 6.81. The average Bonchev–Trinajstić information content (AvgIpc) is 2.76. The molecule has 4 nitrogen and oxygen atoms in total. The molecule has 1 heterocycles. The minimum absolute atomic E-state index is 0.0275. The largest absolute Gasteiger partial charge is 0.497 e. The third kappa shape index (κ3) is 3.72. The van der Waals surface area contributed by atoms with Crippen LogP contribution in [0.3, 0.4) is 0 Å². The normalized spacial score (nSPS) is 12.3. The van der Waals surface area contributed by atoms with E-state index in [0.29, 0.717) is 11.8 Å². The van der Waals surface area contributed by atoms with E-state index in [1.807, 2.05) is 0 Å². The fourth-order valence-electron chi connectivity index (χ4n) is 3.38. The smallest absolute Gasteiger partial charge is 0.454 e. The van der Waals surface area contributed by atoms with Crippen LogP contribution in [0, 0.1) is 0 Å². The zero-order valence-electron chi connectivity index (χ0n) is 16.2. The lowest BCUT2D eigenvalue weighted by atomic mass is 9.96.